The minimum absolute atomic E-state index is 0.000231. The molecule has 2 aromatic rings. The quantitative estimate of drug-likeness (QED) is 0.673. The third-order valence-electron chi connectivity index (χ3n) is 3.30. The van der Waals surface area contributed by atoms with Crippen LogP contribution in [0.5, 0.6) is 5.75 Å². The molecular formula is C15H15F3N2O. The maximum absolute atomic E-state index is 14.3. The highest BCUT2D eigenvalue weighted by Gasteiger charge is 2.25. The Hall–Kier alpha value is -2.05. The third kappa shape index (κ3) is 2.72. The van der Waals surface area contributed by atoms with Crippen LogP contribution in [0.1, 0.15) is 22.7 Å². The molecule has 2 aromatic carbocycles. The van der Waals surface area contributed by atoms with Crippen LogP contribution >= 0.6 is 0 Å². The maximum Gasteiger partial charge on any atom is 0.170 e. The Labute approximate surface area is 120 Å². The largest absolute Gasteiger partial charge is 0.494 e. The van der Waals surface area contributed by atoms with E-state index >= 15 is 0 Å². The van der Waals surface area contributed by atoms with Gasteiger partial charge in [-0.25, -0.2) is 18.6 Å². The summed E-state index contributed by atoms with van der Waals surface area (Å²) in [5.41, 5.74) is 2.18. The molecule has 0 amide bonds. The Morgan fingerprint density at radius 1 is 1.10 bits per heavy atom. The van der Waals surface area contributed by atoms with Crippen molar-refractivity contribution in [3.8, 4) is 5.75 Å². The van der Waals surface area contributed by atoms with Gasteiger partial charge in [0.25, 0.3) is 0 Å². The third-order valence-corrected chi connectivity index (χ3v) is 3.30. The van der Waals surface area contributed by atoms with Gasteiger partial charge in [-0.3, -0.25) is 5.84 Å². The first-order valence-electron chi connectivity index (χ1n) is 6.24. The normalized spacial score (nSPS) is 12.3. The summed E-state index contributed by atoms with van der Waals surface area (Å²) in [6.07, 6.45) is 0. The molecule has 112 valence electrons. The Kier molecular flexibility index (Phi) is 4.50. The SMILES string of the molecule is COc1cccc(C(NN)c2c(F)ccc(C)c2F)c1F. The van der Waals surface area contributed by atoms with Crippen molar-refractivity contribution in [3.05, 3.63) is 64.5 Å². The van der Waals surface area contributed by atoms with Crippen molar-refractivity contribution in [1.82, 2.24) is 5.43 Å². The second-order valence-electron chi connectivity index (χ2n) is 4.56. The molecule has 0 radical (unpaired) electrons. The average molecular weight is 296 g/mol. The smallest absolute Gasteiger partial charge is 0.170 e. The molecule has 0 aliphatic carbocycles. The van der Waals surface area contributed by atoms with E-state index in [0.29, 0.717) is 0 Å². The molecule has 1 atom stereocenters. The number of ether oxygens (including phenoxy) is 1. The van der Waals surface area contributed by atoms with E-state index in [1.807, 2.05) is 0 Å². The fourth-order valence-corrected chi connectivity index (χ4v) is 2.18. The molecule has 0 bridgehead atoms. The van der Waals surface area contributed by atoms with E-state index in [2.05, 4.69) is 5.43 Å². The minimum atomic E-state index is -1.17. The summed E-state index contributed by atoms with van der Waals surface area (Å²) in [7, 11) is 1.31. The fraction of sp³-hybridized carbons (Fsp3) is 0.200. The Balaban J connectivity index is 2.63. The fourth-order valence-electron chi connectivity index (χ4n) is 2.18. The van der Waals surface area contributed by atoms with Gasteiger partial charge in [-0.1, -0.05) is 18.2 Å². The van der Waals surface area contributed by atoms with E-state index in [1.165, 1.54) is 38.3 Å². The minimum Gasteiger partial charge on any atom is -0.494 e. The van der Waals surface area contributed by atoms with Crippen molar-refractivity contribution in [2.24, 2.45) is 5.84 Å². The number of nitrogens with two attached hydrogens (primary N) is 1. The van der Waals surface area contributed by atoms with Crippen LogP contribution in [0.15, 0.2) is 30.3 Å². The lowest BCUT2D eigenvalue weighted by Crippen LogP contribution is -2.31. The van der Waals surface area contributed by atoms with Gasteiger partial charge in [0, 0.05) is 11.1 Å². The summed E-state index contributed by atoms with van der Waals surface area (Å²) in [5, 5.41) is 0. The predicted octanol–water partition coefficient (Wildman–Crippen LogP) is 2.97. The summed E-state index contributed by atoms with van der Waals surface area (Å²) in [6.45, 7) is 1.49. The van der Waals surface area contributed by atoms with Gasteiger partial charge in [-0.05, 0) is 24.6 Å². The lowest BCUT2D eigenvalue weighted by atomic mass is 9.96. The number of hydrogen-bond acceptors (Lipinski definition) is 3. The zero-order chi connectivity index (χ0) is 15.6. The Bertz CT molecular complexity index is 662. The van der Waals surface area contributed by atoms with Crippen LogP contribution in [0.2, 0.25) is 0 Å². The van der Waals surface area contributed by atoms with E-state index in [-0.39, 0.29) is 22.4 Å². The predicted molar refractivity (Wildman–Crippen MR) is 73.2 cm³/mol. The molecule has 0 fully saturated rings. The molecule has 6 heteroatoms. The van der Waals surface area contributed by atoms with E-state index in [9.17, 15) is 13.2 Å². The van der Waals surface area contributed by atoms with E-state index in [4.69, 9.17) is 10.6 Å². The summed E-state index contributed by atoms with van der Waals surface area (Å²) in [4.78, 5) is 0. The summed E-state index contributed by atoms with van der Waals surface area (Å²) >= 11 is 0. The van der Waals surface area contributed by atoms with Gasteiger partial charge in [-0.2, -0.15) is 0 Å². The van der Waals surface area contributed by atoms with Gasteiger partial charge < -0.3 is 4.74 Å². The molecule has 0 saturated carbocycles. The van der Waals surface area contributed by atoms with Crippen LogP contribution in [0, 0.1) is 24.4 Å². The molecule has 0 aliphatic rings. The van der Waals surface area contributed by atoms with Crippen molar-refractivity contribution in [2.75, 3.05) is 7.11 Å². The van der Waals surface area contributed by atoms with Crippen LogP contribution < -0.4 is 16.0 Å². The first-order valence-corrected chi connectivity index (χ1v) is 6.24. The maximum atomic E-state index is 14.3. The van der Waals surface area contributed by atoms with Crippen molar-refractivity contribution in [1.29, 1.82) is 0 Å². The van der Waals surface area contributed by atoms with Gasteiger partial charge >= 0.3 is 0 Å². The average Bonchev–Trinajstić information content (AvgIpc) is 2.48. The number of nitrogens with one attached hydrogen (secondary N) is 1. The first-order chi connectivity index (χ1) is 10.0. The van der Waals surface area contributed by atoms with Crippen LogP contribution in [0.4, 0.5) is 13.2 Å². The Morgan fingerprint density at radius 3 is 2.43 bits per heavy atom. The molecule has 0 saturated heterocycles. The van der Waals surface area contributed by atoms with Gasteiger partial charge in [0.2, 0.25) is 0 Å². The zero-order valence-corrected chi connectivity index (χ0v) is 11.6. The van der Waals surface area contributed by atoms with Crippen molar-refractivity contribution in [2.45, 2.75) is 13.0 Å². The highest BCUT2D eigenvalue weighted by Crippen LogP contribution is 2.32. The number of hydrazine groups is 1. The molecule has 3 nitrogen and oxygen atoms in total. The van der Waals surface area contributed by atoms with E-state index < -0.39 is 23.5 Å². The van der Waals surface area contributed by atoms with E-state index in [0.717, 1.165) is 6.07 Å². The lowest BCUT2D eigenvalue weighted by Gasteiger charge is -2.20. The van der Waals surface area contributed by atoms with Crippen molar-refractivity contribution < 1.29 is 17.9 Å². The molecular weight excluding hydrogens is 281 g/mol. The lowest BCUT2D eigenvalue weighted by molar-refractivity contribution is 0.380. The highest BCUT2D eigenvalue weighted by molar-refractivity contribution is 5.40. The summed E-state index contributed by atoms with van der Waals surface area (Å²) in [5.74, 6) is 3.08. The zero-order valence-electron chi connectivity index (χ0n) is 11.6. The second kappa shape index (κ2) is 6.15. The topological polar surface area (TPSA) is 47.3 Å². The Morgan fingerprint density at radius 2 is 1.81 bits per heavy atom. The molecule has 21 heavy (non-hydrogen) atoms. The summed E-state index contributed by atoms with van der Waals surface area (Å²) in [6, 6.07) is 5.59. The first kappa shape index (κ1) is 15.3. The van der Waals surface area contributed by atoms with Crippen LogP contribution in [-0.2, 0) is 0 Å². The molecule has 0 spiro atoms. The van der Waals surface area contributed by atoms with Crippen LogP contribution in [0.25, 0.3) is 0 Å². The second-order valence-corrected chi connectivity index (χ2v) is 4.56. The van der Waals surface area contributed by atoms with Crippen LogP contribution in [-0.4, -0.2) is 7.11 Å². The number of rotatable bonds is 4. The molecule has 0 aromatic heterocycles. The van der Waals surface area contributed by atoms with Crippen LogP contribution in [0.3, 0.4) is 0 Å². The number of methoxy groups -OCH3 is 1. The molecule has 1 unspecified atom stereocenters. The van der Waals surface area contributed by atoms with Gasteiger partial charge in [0.1, 0.15) is 11.6 Å². The van der Waals surface area contributed by atoms with Crippen molar-refractivity contribution in [3.63, 3.8) is 0 Å². The molecule has 0 heterocycles. The van der Waals surface area contributed by atoms with E-state index in [1.54, 1.807) is 0 Å². The number of aryl methyl sites for hydroxylation is 1. The molecule has 3 N–H and O–H groups in total. The van der Waals surface area contributed by atoms with Gasteiger partial charge in [0.15, 0.2) is 11.6 Å². The van der Waals surface area contributed by atoms with Gasteiger partial charge in [-0.15, -0.1) is 0 Å². The highest BCUT2D eigenvalue weighted by atomic mass is 19.1. The van der Waals surface area contributed by atoms with Gasteiger partial charge in [0.05, 0.1) is 13.2 Å². The van der Waals surface area contributed by atoms with Crippen molar-refractivity contribution >= 4 is 0 Å². The number of benzene rings is 2. The number of halogens is 3. The summed E-state index contributed by atoms with van der Waals surface area (Å²) < 4.78 is 47.4. The molecule has 0 aliphatic heterocycles. The molecule has 2 rings (SSSR count). The monoisotopic (exact) mass is 296 g/mol. The number of hydrogen-bond donors (Lipinski definition) is 2. The standard InChI is InChI=1S/C15H15F3N2O/c1-8-6-7-10(16)12(13(8)17)15(20-19)9-4-3-5-11(21-2)14(9)18/h3-7,15,20H,19H2,1-2H3.